The molecule has 0 heterocycles. The maximum Gasteiger partial charge on any atom is 0.340 e. The number of ether oxygens (including phenoxy) is 1. The molecule has 0 bridgehead atoms. The van der Waals surface area contributed by atoms with E-state index in [2.05, 4.69) is 5.32 Å². The maximum absolute atomic E-state index is 12.2. The van der Waals surface area contributed by atoms with Crippen molar-refractivity contribution in [3.63, 3.8) is 0 Å². The third-order valence-corrected chi connectivity index (χ3v) is 4.11. The van der Waals surface area contributed by atoms with Gasteiger partial charge in [-0.15, -0.1) is 0 Å². The van der Waals surface area contributed by atoms with Gasteiger partial charge in [-0.05, 0) is 19.1 Å². The summed E-state index contributed by atoms with van der Waals surface area (Å²) in [5.74, 6) is -1.88. The zero-order valence-corrected chi connectivity index (χ0v) is 15.6. The standard InChI is InChI=1S/C16H11Cl2N3O7/c1-8(15(22)19-14-7-10(21(26)27)3-5-13(14)18)28-16(23)11-6-9(20(24)25)2-4-12(11)17/h2-8H,1H3,(H,19,22). The van der Waals surface area contributed by atoms with Gasteiger partial charge in [0.2, 0.25) is 0 Å². The normalized spacial score (nSPS) is 11.4. The fourth-order valence-electron chi connectivity index (χ4n) is 2.02. The molecule has 2 aromatic rings. The number of hydrogen-bond donors (Lipinski definition) is 1. The van der Waals surface area contributed by atoms with Gasteiger partial charge in [0.1, 0.15) is 0 Å². The highest BCUT2D eigenvalue weighted by Crippen LogP contribution is 2.27. The molecular formula is C16H11Cl2N3O7. The summed E-state index contributed by atoms with van der Waals surface area (Å²) in [6.07, 6.45) is -1.35. The van der Waals surface area contributed by atoms with Gasteiger partial charge in [0.15, 0.2) is 6.10 Å². The van der Waals surface area contributed by atoms with Crippen LogP contribution in [-0.4, -0.2) is 27.8 Å². The predicted molar refractivity (Wildman–Crippen MR) is 99.7 cm³/mol. The van der Waals surface area contributed by atoms with Crippen LogP contribution < -0.4 is 5.32 Å². The minimum absolute atomic E-state index is 0.0409. The quantitative estimate of drug-likeness (QED) is 0.416. The van der Waals surface area contributed by atoms with Crippen molar-refractivity contribution in [2.45, 2.75) is 13.0 Å². The number of nitrogens with zero attached hydrogens (tertiary/aromatic N) is 2. The van der Waals surface area contributed by atoms with Crippen molar-refractivity contribution in [1.82, 2.24) is 0 Å². The number of anilines is 1. The van der Waals surface area contributed by atoms with Crippen molar-refractivity contribution in [2.75, 3.05) is 5.32 Å². The molecule has 12 heteroatoms. The molecule has 0 aliphatic rings. The molecule has 0 fully saturated rings. The second-order valence-electron chi connectivity index (χ2n) is 5.38. The zero-order chi connectivity index (χ0) is 21.0. The Labute approximate surface area is 167 Å². The summed E-state index contributed by atoms with van der Waals surface area (Å²) in [6.45, 7) is 1.24. The number of rotatable bonds is 6. The first-order chi connectivity index (χ1) is 13.1. The van der Waals surface area contributed by atoms with E-state index < -0.39 is 27.8 Å². The van der Waals surface area contributed by atoms with E-state index in [1.165, 1.54) is 13.0 Å². The molecule has 0 radical (unpaired) electrons. The lowest BCUT2D eigenvalue weighted by Crippen LogP contribution is -2.30. The molecule has 1 unspecified atom stereocenters. The number of amides is 1. The molecule has 1 N–H and O–H groups in total. The molecule has 146 valence electrons. The molecule has 2 aromatic carbocycles. The van der Waals surface area contributed by atoms with E-state index in [1.807, 2.05) is 0 Å². The van der Waals surface area contributed by atoms with Gasteiger partial charge in [-0.3, -0.25) is 25.0 Å². The molecule has 2 rings (SSSR count). The highest BCUT2D eigenvalue weighted by Gasteiger charge is 2.23. The maximum atomic E-state index is 12.2. The first kappa shape index (κ1) is 21.1. The van der Waals surface area contributed by atoms with Crippen LogP contribution in [0.4, 0.5) is 17.1 Å². The molecule has 0 spiro atoms. The average molecular weight is 428 g/mol. The van der Waals surface area contributed by atoms with Crippen LogP contribution in [0.15, 0.2) is 36.4 Å². The van der Waals surface area contributed by atoms with E-state index in [0.29, 0.717) is 0 Å². The number of non-ortho nitro benzene ring substituents is 2. The van der Waals surface area contributed by atoms with E-state index in [0.717, 1.165) is 30.3 Å². The van der Waals surface area contributed by atoms with E-state index in [9.17, 15) is 29.8 Å². The first-order valence-corrected chi connectivity index (χ1v) is 8.25. The van der Waals surface area contributed by atoms with Crippen molar-refractivity contribution in [1.29, 1.82) is 0 Å². The summed E-state index contributed by atoms with van der Waals surface area (Å²) in [6, 6.07) is 6.63. The summed E-state index contributed by atoms with van der Waals surface area (Å²) in [4.78, 5) is 44.7. The van der Waals surface area contributed by atoms with Gasteiger partial charge in [0, 0.05) is 24.3 Å². The number of halogens is 2. The summed E-state index contributed by atoms with van der Waals surface area (Å²) in [5, 5.41) is 23.9. The lowest BCUT2D eigenvalue weighted by Gasteiger charge is -2.14. The van der Waals surface area contributed by atoms with Gasteiger partial charge >= 0.3 is 5.97 Å². The minimum atomic E-state index is -1.35. The van der Waals surface area contributed by atoms with E-state index >= 15 is 0 Å². The monoisotopic (exact) mass is 427 g/mol. The number of nitrogens with one attached hydrogen (secondary N) is 1. The lowest BCUT2D eigenvalue weighted by molar-refractivity contribution is -0.385. The van der Waals surface area contributed by atoms with Crippen LogP contribution in [0, 0.1) is 20.2 Å². The SMILES string of the molecule is CC(OC(=O)c1cc([N+](=O)[O-])ccc1Cl)C(=O)Nc1cc([N+](=O)[O-])ccc1Cl. The molecule has 0 saturated heterocycles. The summed E-state index contributed by atoms with van der Waals surface area (Å²) < 4.78 is 4.97. The largest absolute Gasteiger partial charge is 0.449 e. The Morgan fingerprint density at radius 3 is 2.11 bits per heavy atom. The van der Waals surface area contributed by atoms with Crippen LogP contribution in [0.3, 0.4) is 0 Å². The Hall–Kier alpha value is -3.24. The summed E-state index contributed by atoms with van der Waals surface area (Å²) >= 11 is 11.7. The first-order valence-electron chi connectivity index (χ1n) is 7.50. The van der Waals surface area contributed by atoms with Gasteiger partial charge in [-0.1, -0.05) is 23.2 Å². The fourth-order valence-corrected chi connectivity index (χ4v) is 2.38. The van der Waals surface area contributed by atoms with Gasteiger partial charge < -0.3 is 10.1 Å². The number of carbonyl (C=O) groups excluding carboxylic acids is 2. The summed E-state index contributed by atoms with van der Waals surface area (Å²) in [7, 11) is 0. The number of benzene rings is 2. The lowest BCUT2D eigenvalue weighted by atomic mass is 10.2. The second-order valence-corrected chi connectivity index (χ2v) is 6.19. The van der Waals surface area contributed by atoms with E-state index in [-0.39, 0.29) is 32.7 Å². The minimum Gasteiger partial charge on any atom is -0.449 e. The number of nitro groups is 2. The van der Waals surface area contributed by atoms with Gasteiger partial charge in [0.25, 0.3) is 17.3 Å². The Morgan fingerprint density at radius 2 is 1.54 bits per heavy atom. The second kappa shape index (κ2) is 8.63. The average Bonchev–Trinajstić information content (AvgIpc) is 2.63. The third kappa shape index (κ3) is 4.93. The summed E-state index contributed by atoms with van der Waals surface area (Å²) in [5.41, 5.74) is -1.01. The molecule has 1 atom stereocenters. The van der Waals surface area contributed by atoms with E-state index in [1.54, 1.807) is 0 Å². The van der Waals surface area contributed by atoms with Crippen LogP contribution in [-0.2, 0) is 9.53 Å². The number of carbonyl (C=O) groups is 2. The van der Waals surface area contributed by atoms with E-state index in [4.69, 9.17) is 27.9 Å². The van der Waals surface area contributed by atoms with Crippen molar-refractivity contribution in [2.24, 2.45) is 0 Å². The Kier molecular flexibility index (Phi) is 6.49. The Bertz CT molecular complexity index is 981. The van der Waals surface area contributed by atoms with Crippen molar-refractivity contribution in [3.8, 4) is 0 Å². The number of hydrogen-bond acceptors (Lipinski definition) is 7. The molecular weight excluding hydrogens is 417 g/mol. The highest BCUT2D eigenvalue weighted by molar-refractivity contribution is 6.34. The molecule has 28 heavy (non-hydrogen) atoms. The van der Waals surface area contributed by atoms with Crippen molar-refractivity contribution < 1.29 is 24.2 Å². The molecule has 1 amide bonds. The van der Waals surface area contributed by atoms with Gasteiger partial charge in [0.05, 0.1) is 31.1 Å². The predicted octanol–water partition coefficient (Wildman–Crippen LogP) is 3.99. The Balaban J connectivity index is 2.14. The smallest absolute Gasteiger partial charge is 0.340 e. The Morgan fingerprint density at radius 1 is 1.00 bits per heavy atom. The third-order valence-electron chi connectivity index (χ3n) is 3.45. The highest BCUT2D eigenvalue weighted by atomic mass is 35.5. The van der Waals surface area contributed by atoms with Crippen LogP contribution in [0.2, 0.25) is 10.0 Å². The molecule has 0 aliphatic heterocycles. The molecule has 0 aromatic heterocycles. The zero-order valence-electron chi connectivity index (χ0n) is 14.0. The molecule has 10 nitrogen and oxygen atoms in total. The number of esters is 1. The van der Waals surface area contributed by atoms with Crippen LogP contribution >= 0.6 is 23.2 Å². The van der Waals surface area contributed by atoms with Crippen molar-refractivity contribution >= 4 is 52.1 Å². The van der Waals surface area contributed by atoms with Gasteiger partial charge in [-0.25, -0.2) is 4.79 Å². The van der Waals surface area contributed by atoms with Crippen molar-refractivity contribution in [3.05, 3.63) is 72.2 Å². The van der Waals surface area contributed by atoms with Crippen LogP contribution in [0.25, 0.3) is 0 Å². The van der Waals surface area contributed by atoms with Crippen LogP contribution in [0.5, 0.6) is 0 Å². The van der Waals surface area contributed by atoms with Gasteiger partial charge in [-0.2, -0.15) is 0 Å². The number of nitro benzene ring substituents is 2. The molecule has 0 saturated carbocycles. The van der Waals surface area contributed by atoms with Crippen LogP contribution in [0.1, 0.15) is 17.3 Å². The molecule has 0 aliphatic carbocycles. The fraction of sp³-hybridized carbons (Fsp3) is 0.125. The topological polar surface area (TPSA) is 142 Å².